The number of benzene rings is 1. The van der Waals surface area contributed by atoms with E-state index in [4.69, 9.17) is 10.5 Å². The molecule has 1 saturated heterocycles. The van der Waals surface area contributed by atoms with Crippen molar-refractivity contribution in [1.29, 1.82) is 0 Å². The molecule has 1 unspecified atom stereocenters. The van der Waals surface area contributed by atoms with Gasteiger partial charge in [-0.05, 0) is 30.5 Å². The summed E-state index contributed by atoms with van der Waals surface area (Å²) in [5.74, 6) is -0.246. The number of aromatic nitrogens is 3. The Bertz CT molecular complexity index is 711. The van der Waals surface area contributed by atoms with Gasteiger partial charge in [0.25, 0.3) is 0 Å². The third-order valence-electron chi connectivity index (χ3n) is 4.90. The molecule has 4 rings (SSSR count). The molecule has 2 aliphatic rings. The Labute approximate surface area is 140 Å². The van der Waals surface area contributed by atoms with Gasteiger partial charge in [0.1, 0.15) is 17.6 Å². The average Bonchev–Trinajstić information content (AvgIpc) is 2.99. The molecule has 2 aliphatic heterocycles. The molecule has 2 aromatic rings. The second-order valence-corrected chi connectivity index (χ2v) is 6.63. The predicted molar refractivity (Wildman–Crippen MR) is 86.4 cm³/mol. The van der Waals surface area contributed by atoms with Crippen molar-refractivity contribution >= 4 is 0 Å². The summed E-state index contributed by atoms with van der Waals surface area (Å²) in [6, 6.07) is 6.87. The van der Waals surface area contributed by atoms with Gasteiger partial charge in [-0.3, -0.25) is 4.90 Å². The smallest absolute Gasteiger partial charge is 0.123 e. The van der Waals surface area contributed by atoms with E-state index in [2.05, 4.69) is 15.2 Å². The van der Waals surface area contributed by atoms with Crippen LogP contribution in [0.15, 0.2) is 24.3 Å². The Morgan fingerprint density at radius 2 is 2.12 bits per heavy atom. The highest BCUT2D eigenvalue weighted by Gasteiger charge is 2.26. The molecule has 7 heteroatoms. The van der Waals surface area contributed by atoms with Crippen LogP contribution >= 0.6 is 0 Å². The van der Waals surface area contributed by atoms with Crippen LogP contribution in [0.1, 0.15) is 35.9 Å². The quantitative estimate of drug-likeness (QED) is 0.925. The fraction of sp³-hybridized carbons (Fsp3) is 0.529. The van der Waals surface area contributed by atoms with Gasteiger partial charge in [0.15, 0.2) is 0 Å². The minimum Gasteiger partial charge on any atom is -0.365 e. The third-order valence-corrected chi connectivity index (χ3v) is 4.90. The minimum absolute atomic E-state index is 0.185. The van der Waals surface area contributed by atoms with Crippen LogP contribution in [0.4, 0.5) is 4.39 Å². The number of hydrogen-bond acceptors (Lipinski definition) is 5. The zero-order valence-corrected chi connectivity index (χ0v) is 13.6. The van der Waals surface area contributed by atoms with Gasteiger partial charge < -0.3 is 10.5 Å². The average molecular weight is 331 g/mol. The SMILES string of the molecule is NC1CCN(Cc2nnn3c2COC(c2cccc(F)c2)C3)CC1. The van der Waals surface area contributed by atoms with Crippen molar-refractivity contribution in [2.45, 2.75) is 44.7 Å². The molecule has 0 saturated carbocycles. The van der Waals surface area contributed by atoms with Crippen molar-refractivity contribution in [3.05, 3.63) is 47.0 Å². The van der Waals surface area contributed by atoms with E-state index >= 15 is 0 Å². The van der Waals surface area contributed by atoms with Crippen LogP contribution in [0.3, 0.4) is 0 Å². The zero-order chi connectivity index (χ0) is 16.5. The van der Waals surface area contributed by atoms with Crippen LogP contribution in [0.2, 0.25) is 0 Å². The number of fused-ring (bicyclic) bond motifs is 1. The van der Waals surface area contributed by atoms with Crippen LogP contribution in [0.25, 0.3) is 0 Å². The van der Waals surface area contributed by atoms with Crippen LogP contribution < -0.4 is 5.73 Å². The molecule has 0 spiro atoms. The number of ether oxygens (including phenoxy) is 1. The lowest BCUT2D eigenvalue weighted by Gasteiger charge is -2.30. The maximum absolute atomic E-state index is 13.4. The number of likely N-dealkylation sites (tertiary alicyclic amines) is 1. The molecule has 0 radical (unpaired) electrons. The van der Waals surface area contributed by atoms with E-state index in [1.54, 1.807) is 6.07 Å². The van der Waals surface area contributed by atoms with Crippen LogP contribution in [0, 0.1) is 5.82 Å². The highest BCUT2D eigenvalue weighted by molar-refractivity contribution is 5.20. The van der Waals surface area contributed by atoms with Gasteiger partial charge >= 0.3 is 0 Å². The largest absolute Gasteiger partial charge is 0.365 e. The fourth-order valence-electron chi connectivity index (χ4n) is 3.42. The minimum atomic E-state index is -0.246. The van der Waals surface area contributed by atoms with E-state index in [1.807, 2.05) is 10.7 Å². The van der Waals surface area contributed by atoms with Crippen LogP contribution in [0.5, 0.6) is 0 Å². The van der Waals surface area contributed by atoms with Gasteiger partial charge in [0.05, 0.1) is 18.8 Å². The Hall–Kier alpha value is -1.83. The van der Waals surface area contributed by atoms with Gasteiger partial charge in [-0.15, -0.1) is 5.10 Å². The van der Waals surface area contributed by atoms with E-state index in [-0.39, 0.29) is 11.9 Å². The van der Waals surface area contributed by atoms with Crippen molar-refractivity contribution in [2.24, 2.45) is 5.73 Å². The maximum atomic E-state index is 13.4. The molecular formula is C17H22FN5O. The summed E-state index contributed by atoms with van der Waals surface area (Å²) in [7, 11) is 0. The van der Waals surface area contributed by atoms with Crippen molar-refractivity contribution in [3.8, 4) is 0 Å². The number of nitrogens with zero attached hydrogens (tertiary/aromatic N) is 4. The first kappa shape index (κ1) is 15.7. The molecule has 128 valence electrons. The summed E-state index contributed by atoms with van der Waals surface area (Å²) in [5, 5.41) is 8.62. The normalized spacial score (nSPS) is 22.5. The van der Waals surface area contributed by atoms with Gasteiger partial charge in [0.2, 0.25) is 0 Å². The first-order chi connectivity index (χ1) is 11.7. The number of piperidine rings is 1. The van der Waals surface area contributed by atoms with Gasteiger partial charge in [-0.2, -0.15) is 0 Å². The van der Waals surface area contributed by atoms with Crippen molar-refractivity contribution in [1.82, 2.24) is 19.9 Å². The summed E-state index contributed by atoms with van der Waals surface area (Å²) in [6.07, 6.45) is 1.87. The van der Waals surface area contributed by atoms with Gasteiger partial charge in [-0.1, -0.05) is 17.3 Å². The zero-order valence-electron chi connectivity index (χ0n) is 13.6. The summed E-state index contributed by atoms with van der Waals surface area (Å²) >= 11 is 0. The molecule has 1 aromatic heterocycles. The molecule has 2 N–H and O–H groups in total. The van der Waals surface area contributed by atoms with Gasteiger partial charge in [0, 0.05) is 25.7 Å². The van der Waals surface area contributed by atoms with E-state index < -0.39 is 0 Å². The molecule has 0 amide bonds. The number of hydrogen-bond donors (Lipinski definition) is 1. The lowest BCUT2D eigenvalue weighted by Crippen LogP contribution is -2.39. The molecular weight excluding hydrogens is 309 g/mol. The van der Waals surface area contributed by atoms with E-state index in [1.165, 1.54) is 12.1 Å². The highest BCUT2D eigenvalue weighted by atomic mass is 19.1. The third kappa shape index (κ3) is 3.19. The number of nitrogens with two attached hydrogens (primary N) is 1. The Morgan fingerprint density at radius 3 is 2.92 bits per heavy atom. The maximum Gasteiger partial charge on any atom is 0.123 e. The second-order valence-electron chi connectivity index (χ2n) is 6.63. The monoisotopic (exact) mass is 331 g/mol. The Kier molecular flexibility index (Phi) is 4.30. The standard InChI is InChI=1S/C17H22FN5O/c18-13-3-1-2-12(8-13)17-10-23-16(11-24-17)15(20-21-23)9-22-6-4-14(19)5-7-22/h1-3,8,14,17H,4-7,9-11,19H2. The predicted octanol–water partition coefficient (Wildman–Crippen LogP) is 1.61. The van der Waals surface area contributed by atoms with E-state index in [9.17, 15) is 4.39 Å². The summed E-state index contributed by atoms with van der Waals surface area (Å²) in [5.41, 5.74) is 8.79. The molecule has 6 nitrogen and oxygen atoms in total. The second kappa shape index (κ2) is 6.58. The lowest BCUT2D eigenvalue weighted by molar-refractivity contribution is -0.00231. The summed E-state index contributed by atoms with van der Waals surface area (Å²) < 4.78 is 21.2. The molecule has 1 fully saturated rings. The first-order valence-electron chi connectivity index (χ1n) is 8.45. The molecule has 0 bridgehead atoms. The molecule has 0 aliphatic carbocycles. The van der Waals surface area contributed by atoms with E-state index in [0.717, 1.165) is 49.4 Å². The van der Waals surface area contributed by atoms with Crippen molar-refractivity contribution < 1.29 is 9.13 Å². The van der Waals surface area contributed by atoms with Crippen LogP contribution in [-0.4, -0.2) is 39.0 Å². The Morgan fingerprint density at radius 1 is 1.29 bits per heavy atom. The topological polar surface area (TPSA) is 69.2 Å². The summed E-state index contributed by atoms with van der Waals surface area (Å²) in [6.45, 7) is 3.81. The van der Waals surface area contributed by atoms with Crippen molar-refractivity contribution in [2.75, 3.05) is 13.1 Å². The lowest BCUT2D eigenvalue weighted by atomic mass is 10.1. The summed E-state index contributed by atoms with van der Waals surface area (Å²) in [4.78, 5) is 2.37. The molecule has 3 heterocycles. The molecule has 24 heavy (non-hydrogen) atoms. The van der Waals surface area contributed by atoms with Gasteiger partial charge in [-0.25, -0.2) is 9.07 Å². The van der Waals surface area contributed by atoms with E-state index in [0.29, 0.717) is 19.2 Å². The molecule has 1 atom stereocenters. The number of rotatable bonds is 3. The fourth-order valence-corrected chi connectivity index (χ4v) is 3.42. The van der Waals surface area contributed by atoms with Crippen LogP contribution in [-0.2, 0) is 24.4 Å². The highest BCUT2D eigenvalue weighted by Crippen LogP contribution is 2.27. The van der Waals surface area contributed by atoms with Crippen molar-refractivity contribution in [3.63, 3.8) is 0 Å². The first-order valence-corrected chi connectivity index (χ1v) is 8.45. The molecule has 1 aromatic carbocycles. The Balaban J connectivity index is 1.45. The number of halogens is 1.